The third-order valence-electron chi connectivity index (χ3n) is 9.52. The van der Waals surface area contributed by atoms with Crippen LogP contribution >= 0.6 is 11.3 Å². The Balaban J connectivity index is 1.11. The van der Waals surface area contributed by atoms with Crippen molar-refractivity contribution in [3.63, 3.8) is 0 Å². The number of aromatic nitrogens is 3. The maximum absolute atomic E-state index is 12.8. The summed E-state index contributed by atoms with van der Waals surface area (Å²) in [6.07, 6.45) is 3.38. The van der Waals surface area contributed by atoms with Crippen LogP contribution in [0.15, 0.2) is 36.5 Å². The van der Waals surface area contributed by atoms with Gasteiger partial charge in [0.2, 0.25) is 5.91 Å². The monoisotopic (exact) mass is 594 g/mol. The molecule has 0 unspecified atom stereocenters. The molecule has 1 amide bonds. The molecular formula is C33H35N7O2S. The van der Waals surface area contributed by atoms with Gasteiger partial charge in [-0.05, 0) is 44.7 Å². The highest BCUT2D eigenvalue weighted by Crippen LogP contribution is 2.49. The number of fused-ring (bicyclic) bond motifs is 1. The molecule has 8 rings (SSSR count). The predicted molar refractivity (Wildman–Crippen MR) is 167 cm³/mol. The molecule has 220 valence electrons. The van der Waals surface area contributed by atoms with Crippen molar-refractivity contribution in [3.05, 3.63) is 58.2 Å². The van der Waals surface area contributed by atoms with Gasteiger partial charge in [0.05, 0.1) is 30.8 Å². The van der Waals surface area contributed by atoms with Gasteiger partial charge in [-0.25, -0.2) is 9.50 Å². The Bertz CT molecular complexity index is 1830. The minimum absolute atomic E-state index is 0.0204. The van der Waals surface area contributed by atoms with Gasteiger partial charge >= 0.3 is 0 Å². The smallest absolute Gasteiger partial charge is 0.228 e. The van der Waals surface area contributed by atoms with E-state index in [1.807, 2.05) is 50.1 Å². The number of carbonyl (C=O) groups excluding carboxylic acids is 1. The number of benzene rings is 1. The first-order valence-corrected chi connectivity index (χ1v) is 15.9. The molecule has 9 nitrogen and oxygen atoms in total. The Morgan fingerprint density at radius 2 is 1.95 bits per heavy atom. The van der Waals surface area contributed by atoms with Crippen molar-refractivity contribution < 1.29 is 10.9 Å². The van der Waals surface area contributed by atoms with Crippen molar-refractivity contribution in [2.75, 3.05) is 56.2 Å². The van der Waals surface area contributed by atoms with Crippen molar-refractivity contribution in [3.8, 4) is 17.3 Å². The zero-order valence-electron chi connectivity index (χ0n) is 25.8. The number of thiazole rings is 1. The summed E-state index contributed by atoms with van der Waals surface area (Å²) in [5, 5.41) is 15.7. The van der Waals surface area contributed by atoms with Crippen LogP contribution in [0.1, 0.15) is 48.2 Å². The first-order valence-electron chi connectivity index (χ1n) is 15.6. The molecule has 0 N–H and O–H groups in total. The summed E-state index contributed by atoms with van der Waals surface area (Å²) in [5.74, 6) is 0.620. The second-order valence-corrected chi connectivity index (χ2v) is 13.9. The number of hydrogen-bond acceptors (Lipinski definition) is 8. The van der Waals surface area contributed by atoms with Crippen LogP contribution in [0.25, 0.3) is 16.8 Å². The second-order valence-electron chi connectivity index (χ2n) is 12.9. The highest BCUT2D eigenvalue weighted by atomic mass is 32.1. The highest BCUT2D eigenvalue weighted by molar-refractivity contribution is 7.16. The SMILES string of the molecule is [2H]c1c(C)c(N2CC3(CN(C(=O)[C@H]4CCOC4)C3)C2)cc2c(N(C)c3nc(-c4ccc(C)cc4)c(C#N)s3)c(C3CC3)nn12. The number of nitriles is 1. The van der Waals surface area contributed by atoms with Crippen LogP contribution in [0.5, 0.6) is 0 Å². The highest BCUT2D eigenvalue weighted by Gasteiger charge is 2.54. The van der Waals surface area contributed by atoms with Crippen LogP contribution in [0.3, 0.4) is 0 Å². The summed E-state index contributed by atoms with van der Waals surface area (Å²) >= 11 is 1.39. The van der Waals surface area contributed by atoms with Gasteiger partial charge in [0.1, 0.15) is 16.6 Å². The zero-order valence-corrected chi connectivity index (χ0v) is 25.6. The van der Waals surface area contributed by atoms with Crippen molar-refractivity contribution >= 4 is 39.3 Å². The zero-order chi connectivity index (χ0) is 30.3. The standard InChI is InChI=1S/C33H35N7O2S/c1-20-4-6-22(7-5-20)28-27(13-34)43-32(35-28)37(3)30-26-12-25(21(2)14-40(26)36-29(30)23-8-9-23)38-16-33(17-38)18-39(19-33)31(41)24-10-11-42-15-24/h4-7,12,14,23-24H,8-11,15-19H2,1-3H3/t24-/m0/s1/i14D. The van der Waals surface area contributed by atoms with E-state index >= 15 is 0 Å². The van der Waals surface area contributed by atoms with Gasteiger partial charge in [-0.15, -0.1) is 0 Å². The van der Waals surface area contributed by atoms with E-state index in [4.69, 9.17) is 16.2 Å². The average molecular weight is 595 g/mol. The third-order valence-corrected chi connectivity index (χ3v) is 10.6. The Hall–Kier alpha value is -3.94. The van der Waals surface area contributed by atoms with Crippen molar-refractivity contribution in [2.45, 2.75) is 39.0 Å². The van der Waals surface area contributed by atoms with Gasteiger partial charge in [-0.3, -0.25) is 4.79 Å². The summed E-state index contributed by atoms with van der Waals surface area (Å²) in [7, 11) is 2.00. The lowest BCUT2D eigenvalue weighted by molar-refractivity contribution is -0.149. The molecule has 0 radical (unpaired) electrons. The lowest BCUT2D eigenvalue weighted by Gasteiger charge is -2.61. The molecule has 6 heterocycles. The van der Waals surface area contributed by atoms with Crippen LogP contribution < -0.4 is 9.80 Å². The molecule has 4 fully saturated rings. The quantitative estimate of drug-likeness (QED) is 0.300. The fraction of sp³-hybridized carbons (Fsp3) is 0.455. The van der Waals surface area contributed by atoms with Crippen LogP contribution in [0.4, 0.5) is 16.5 Å². The van der Waals surface area contributed by atoms with Crippen LogP contribution in [0, 0.1) is 36.5 Å². The number of aryl methyl sites for hydroxylation is 1. The topological polar surface area (TPSA) is 90.0 Å². The second kappa shape index (κ2) is 9.79. The lowest BCUT2D eigenvalue weighted by Crippen LogP contribution is -2.73. The van der Waals surface area contributed by atoms with Gasteiger partial charge in [-0.1, -0.05) is 41.2 Å². The Morgan fingerprint density at radius 3 is 2.63 bits per heavy atom. The molecule has 43 heavy (non-hydrogen) atoms. The van der Waals surface area contributed by atoms with E-state index in [-0.39, 0.29) is 17.2 Å². The Kier molecular flexibility index (Phi) is 5.82. The largest absolute Gasteiger partial charge is 0.381 e. The average Bonchev–Trinajstić information content (AvgIpc) is 3.36. The van der Waals surface area contributed by atoms with Gasteiger partial charge in [0, 0.05) is 68.6 Å². The molecular weight excluding hydrogens is 558 g/mol. The fourth-order valence-electron chi connectivity index (χ4n) is 6.98. The number of pyridine rings is 1. The number of likely N-dealkylation sites (tertiary alicyclic amines) is 1. The molecule has 0 bridgehead atoms. The summed E-state index contributed by atoms with van der Waals surface area (Å²) < 4.78 is 16.3. The lowest BCUT2D eigenvalue weighted by atomic mass is 9.72. The van der Waals surface area contributed by atoms with Crippen LogP contribution in [-0.2, 0) is 9.53 Å². The van der Waals surface area contributed by atoms with Crippen molar-refractivity contribution in [1.29, 1.82) is 5.26 Å². The van der Waals surface area contributed by atoms with E-state index in [0.29, 0.717) is 35.9 Å². The Labute approximate surface area is 256 Å². The number of nitrogens with zero attached hydrogens (tertiary/aromatic N) is 7. The van der Waals surface area contributed by atoms with E-state index in [2.05, 4.69) is 21.9 Å². The molecule has 3 aromatic heterocycles. The van der Waals surface area contributed by atoms with E-state index < -0.39 is 0 Å². The van der Waals surface area contributed by atoms with Crippen molar-refractivity contribution in [2.24, 2.45) is 11.3 Å². The normalized spacial score (nSPS) is 21.1. The van der Waals surface area contributed by atoms with Gasteiger partial charge in [-0.2, -0.15) is 10.4 Å². The molecule has 4 aliphatic rings. The maximum atomic E-state index is 12.8. The summed E-state index contributed by atoms with van der Waals surface area (Å²) in [6, 6.07) is 12.7. The summed E-state index contributed by atoms with van der Waals surface area (Å²) in [5.41, 5.74) is 7.72. The number of amides is 1. The summed E-state index contributed by atoms with van der Waals surface area (Å²) in [4.78, 5) is 24.8. The van der Waals surface area contributed by atoms with Crippen molar-refractivity contribution in [1.82, 2.24) is 19.5 Å². The molecule has 1 atom stereocenters. The van der Waals surface area contributed by atoms with Gasteiger partial charge < -0.3 is 19.4 Å². The number of anilines is 3. The molecule has 10 heteroatoms. The molecule has 3 aliphatic heterocycles. The van der Waals surface area contributed by atoms with E-state index in [1.54, 1.807) is 4.52 Å². The number of hydrogen-bond donors (Lipinski definition) is 0. The first-order chi connectivity index (χ1) is 21.2. The van der Waals surface area contributed by atoms with E-state index in [1.165, 1.54) is 11.3 Å². The van der Waals surface area contributed by atoms with Gasteiger partial charge in [0.15, 0.2) is 5.13 Å². The number of rotatable bonds is 6. The molecule has 1 saturated carbocycles. The van der Waals surface area contributed by atoms with E-state index in [0.717, 1.165) is 89.8 Å². The van der Waals surface area contributed by atoms with Crippen LogP contribution in [-0.4, -0.2) is 71.8 Å². The minimum Gasteiger partial charge on any atom is -0.381 e. The molecule has 1 aliphatic carbocycles. The minimum atomic E-state index is 0.0204. The third kappa shape index (κ3) is 4.40. The molecule has 1 aromatic carbocycles. The fourth-order valence-corrected chi connectivity index (χ4v) is 7.84. The number of carbonyl (C=O) groups is 1. The first kappa shape index (κ1) is 25.5. The molecule has 3 saturated heterocycles. The maximum Gasteiger partial charge on any atom is 0.228 e. The predicted octanol–water partition coefficient (Wildman–Crippen LogP) is 5.28. The number of ether oxygens (including phenoxy) is 1. The summed E-state index contributed by atoms with van der Waals surface area (Å²) in [6.45, 7) is 8.65. The van der Waals surface area contributed by atoms with Crippen LogP contribution in [0.2, 0.25) is 0 Å². The van der Waals surface area contributed by atoms with E-state index in [9.17, 15) is 10.1 Å². The molecule has 1 spiro atoms. The van der Waals surface area contributed by atoms with Gasteiger partial charge in [0.25, 0.3) is 0 Å². The Morgan fingerprint density at radius 1 is 1.19 bits per heavy atom. The molecule has 4 aromatic rings.